The average molecular weight is 314 g/mol. The van der Waals surface area contributed by atoms with Crippen molar-refractivity contribution in [3.63, 3.8) is 0 Å². The number of amides is 1. The Morgan fingerprint density at radius 1 is 1.43 bits per heavy atom. The van der Waals surface area contributed by atoms with Crippen LogP contribution in [-0.2, 0) is 0 Å². The van der Waals surface area contributed by atoms with Gasteiger partial charge in [0.15, 0.2) is 0 Å². The Balaban J connectivity index is 0.00000220. The van der Waals surface area contributed by atoms with Crippen molar-refractivity contribution in [1.82, 2.24) is 10.6 Å². The van der Waals surface area contributed by atoms with Crippen LogP contribution in [0.2, 0.25) is 0 Å². The number of halogens is 1. The molecule has 0 spiro atoms. The highest BCUT2D eigenvalue weighted by molar-refractivity contribution is 5.94. The van der Waals surface area contributed by atoms with E-state index in [2.05, 4.69) is 10.6 Å². The minimum Gasteiger partial charge on any atom is -0.349 e. The van der Waals surface area contributed by atoms with Crippen LogP contribution in [0.3, 0.4) is 0 Å². The second-order valence-electron chi connectivity index (χ2n) is 5.17. The van der Waals surface area contributed by atoms with E-state index in [1.165, 1.54) is 24.3 Å². The number of carbonyl (C=O) groups is 1. The molecule has 7 heteroatoms. The predicted molar refractivity (Wildman–Crippen MR) is 82.9 cm³/mol. The number of non-ortho nitro benzene ring substituents is 1. The molecule has 116 valence electrons. The summed E-state index contributed by atoms with van der Waals surface area (Å²) in [5.41, 5.74) is 0.442. The second-order valence-corrected chi connectivity index (χ2v) is 5.17. The third-order valence-electron chi connectivity index (χ3n) is 3.74. The van der Waals surface area contributed by atoms with Crippen LogP contribution in [0.1, 0.15) is 30.1 Å². The molecule has 2 atom stereocenters. The minimum atomic E-state index is -0.474. The molecule has 2 unspecified atom stereocenters. The summed E-state index contributed by atoms with van der Waals surface area (Å²) in [6, 6.07) is 5.76. The van der Waals surface area contributed by atoms with E-state index < -0.39 is 4.92 Å². The number of nitrogens with one attached hydrogen (secondary N) is 2. The van der Waals surface area contributed by atoms with Gasteiger partial charge < -0.3 is 10.6 Å². The van der Waals surface area contributed by atoms with E-state index in [-0.39, 0.29) is 30.0 Å². The maximum atomic E-state index is 12.1. The molecule has 1 aliphatic rings. The van der Waals surface area contributed by atoms with E-state index in [4.69, 9.17) is 0 Å². The zero-order chi connectivity index (χ0) is 14.5. The number of carbonyl (C=O) groups excluding carboxylic acids is 1. The molecule has 6 nitrogen and oxygen atoms in total. The van der Waals surface area contributed by atoms with Gasteiger partial charge >= 0.3 is 0 Å². The van der Waals surface area contributed by atoms with Crippen LogP contribution in [0.25, 0.3) is 0 Å². The lowest BCUT2D eigenvalue weighted by atomic mass is 9.92. The number of nitro benzene ring substituents is 1. The first-order valence-corrected chi connectivity index (χ1v) is 6.84. The van der Waals surface area contributed by atoms with Crippen LogP contribution in [0.4, 0.5) is 5.69 Å². The molecule has 1 aliphatic heterocycles. The summed E-state index contributed by atoms with van der Waals surface area (Å²) in [4.78, 5) is 22.2. The number of nitrogens with zero attached hydrogens (tertiary/aromatic N) is 1. The zero-order valence-corrected chi connectivity index (χ0v) is 12.7. The first-order valence-electron chi connectivity index (χ1n) is 6.84. The van der Waals surface area contributed by atoms with Crippen molar-refractivity contribution in [3.8, 4) is 0 Å². The first kappa shape index (κ1) is 17.4. The van der Waals surface area contributed by atoms with Gasteiger partial charge in [-0.05, 0) is 50.9 Å². The SMILES string of the molecule is CC(NC(=O)c1ccc([N+](=O)[O-])cc1)C1CCCNC1.Cl. The molecule has 1 amide bonds. The van der Waals surface area contributed by atoms with Crippen molar-refractivity contribution in [3.05, 3.63) is 39.9 Å². The number of piperidine rings is 1. The Kier molecular flexibility index (Phi) is 6.58. The van der Waals surface area contributed by atoms with Crippen LogP contribution in [0.5, 0.6) is 0 Å². The molecule has 0 saturated carbocycles. The van der Waals surface area contributed by atoms with Gasteiger partial charge in [-0.1, -0.05) is 0 Å². The lowest BCUT2D eigenvalue weighted by Crippen LogP contribution is -2.44. The average Bonchev–Trinajstić information content (AvgIpc) is 2.48. The van der Waals surface area contributed by atoms with Crippen molar-refractivity contribution < 1.29 is 9.72 Å². The van der Waals surface area contributed by atoms with Gasteiger partial charge in [0.1, 0.15) is 0 Å². The van der Waals surface area contributed by atoms with E-state index in [0.29, 0.717) is 11.5 Å². The van der Waals surface area contributed by atoms with Crippen molar-refractivity contribution >= 4 is 24.0 Å². The molecule has 0 aromatic heterocycles. The number of nitro groups is 1. The Labute approximate surface area is 129 Å². The van der Waals surface area contributed by atoms with Gasteiger partial charge in [0, 0.05) is 23.7 Å². The molecule has 0 bridgehead atoms. The molecule has 1 aromatic rings. The molecule has 1 saturated heterocycles. The number of benzene rings is 1. The maximum Gasteiger partial charge on any atom is 0.269 e. The Bertz CT molecular complexity index is 487. The smallest absolute Gasteiger partial charge is 0.269 e. The number of hydrogen-bond acceptors (Lipinski definition) is 4. The third kappa shape index (κ3) is 4.68. The summed E-state index contributed by atoms with van der Waals surface area (Å²) in [5.74, 6) is 0.253. The van der Waals surface area contributed by atoms with Crippen molar-refractivity contribution in [2.24, 2.45) is 5.92 Å². The largest absolute Gasteiger partial charge is 0.349 e. The molecular weight excluding hydrogens is 294 g/mol. The van der Waals surface area contributed by atoms with Gasteiger partial charge in [0.2, 0.25) is 0 Å². The predicted octanol–water partition coefficient (Wildman–Crippen LogP) is 2.13. The normalized spacial score (nSPS) is 19.2. The number of hydrogen-bond donors (Lipinski definition) is 2. The van der Waals surface area contributed by atoms with Gasteiger partial charge in [-0.15, -0.1) is 12.4 Å². The molecule has 0 radical (unpaired) electrons. The van der Waals surface area contributed by atoms with Crippen LogP contribution in [-0.4, -0.2) is 30.0 Å². The molecular formula is C14H20ClN3O3. The van der Waals surface area contributed by atoms with E-state index >= 15 is 0 Å². The molecule has 21 heavy (non-hydrogen) atoms. The van der Waals surface area contributed by atoms with Crippen LogP contribution in [0, 0.1) is 16.0 Å². The van der Waals surface area contributed by atoms with E-state index in [0.717, 1.165) is 25.9 Å². The van der Waals surface area contributed by atoms with E-state index in [9.17, 15) is 14.9 Å². The van der Waals surface area contributed by atoms with Crippen molar-refractivity contribution in [2.75, 3.05) is 13.1 Å². The fourth-order valence-corrected chi connectivity index (χ4v) is 2.45. The summed E-state index contributed by atoms with van der Waals surface area (Å²) in [5, 5.41) is 16.9. The molecule has 2 rings (SSSR count). The van der Waals surface area contributed by atoms with Crippen LogP contribution >= 0.6 is 12.4 Å². The maximum absolute atomic E-state index is 12.1. The molecule has 1 fully saturated rings. The monoisotopic (exact) mass is 313 g/mol. The summed E-state index contributed by atoms with van der Waals surface area (Å²) < 4.78 is 0. The Morgan fingerprint density at radius 2 is 2.10 bits per heavy atom. The summed E-state index contributed by atoms with van der Waals surface area (Å²) in [6.45, 7) is 3.96. The first-order chi connectivity index (χ1) is 9.58. The molecule has 2 N–H and O–H groups in total. The fourth-order valence-electron chi connectivity index (χ4n) is 2.45. The van der Waals surface area contributed by atoms with Crippen molar-refractivity contribution in [1.29, 1.82) is 0 Å². The highest BCUT2D eigenvalue weighted by atomic mass is 35.5. The lowest BCUT2D eigenvalue weighted by molar-refractivity contribution is -0.384. The topological polar surface area (TPSA) is 84.3 Å². The third-order valence-corrected chi connectivity index (χ3v) is 3.74. The highest BCUT2D eigenvalue weighted by Gasteiger charge is 2.21. The van der Waals surface area contributed by atoms with Gasteiger partial charge in [-0.2, -0.15) is 0 Å². The molecule has 1 heterocycles. The zero-order valence-electron chi connectivity index (χ0n) is 11.9. The molecule has 1 aromatic carbocycles. The van der Waals surface area contributed by atoms with Crippen LogP contribution in [0.15, 0.2) is 24.3 Å². The van der Waals surface area contributed by atoms with Gasteiger partial charge in [0.25, 0.3) is 11.6 Å². The number of rotatable bonds is 4. The minimum absolute atomic E-state index is 0. The van der Waals surface area contributed by atoms with Gasteiger partial charge in [-0.25, -0.2) is 0 Å². The quantitative estimate of drug-likeness (QED) is 0.659. The van der Waals surface area contributed by atoms with Gasteiger partial charge in [0.05, 0.1) is 4.92 Å². The standard InChI is InChI=1S/C14H19N3O3.ClH/c1-10(12-3-2-8-15-9-12)16-14(18)11-4-6-13(7-5-11)17(19)20;/h4-7,10,12,15H,2-3,8-9H2,1H3,(H,16,18);1H. The molecule has 0 aliphatic carbocycles. The Morgan fingerprint density at radius 3 is 2.62 bits per heavy atom. The van der Waals surface area contributed by atoms with Crippen LogP contribution < -0.4 is 10.6 Å². The fraction of sp³-hybridized carbons (Fsp3) is 0.500. The van der Waals surface area contributed by atoms with E-state index in [1.54, 1.807) is 0 Å². The van der Waals surface area contributed by atoms with Gasteiger partial charge in [-0.3, -0.25) is 14.9 Å². The van der Waals surface area contributed by atoms with E-state index in [1.807, 2.05) is 6.92 Å². The Hall–Kier alpha value is -1.66. The second kappa shape index (κ2) is 7.95. The summed E-state index contributed by atoms with van der Waals surface area (Å²) in [6.07, 6.45) is 2.23. The lowest BCUT2D eigenvalue weighted by Gasteiger charge is -2.28. The summed E-state index contributed by atoms with van der Waals surface area (Å²) in [7, 11) is 0. The summed E-state index contributed by atoms with van der Waals surface area (Å²) >= 11 is 0. The highest BCUT2D eigenvalue weighted by Crippen LogP contribution is 2.16. The van der Waals surface area contributed by atoms with Crippen molar-refractivity contribution in [2.45, 2.75) is 25.8 Å².